The zero-order chi connectivity index (χ0) is 21.8. The van der Waals surface area contributed by atoms with E-state index in [0.29, 0.717) is 13.7 Å². The maximum absolute atomic E-state index is 12.3. The summed E-state index contributed by atoms with van der Waals surface area (Å²) in [4.78, 5) is 12.3. The lowest BCUT2D eigenvalue weighted by molar-refractivity contribution is -0.120. The first-order chi connectivity index (χ1) is 14.7. The molecule has 4 heterocycles. The molecule has 1 aliphatic carbocycles. The van der Waals surface area contributed by atoms with Gasteiger partial charge in [-0.15, -0.1) is 8.58 Å². The highest BCUT2D eigenvalue weighted by atomic mass is 32.0. The minimum absolute atomic E-state index is 0.138. The fraction of sp³-hybridized carbons (Fsp3) is 0.731. The van der Waals surface area contributed by atoms with Crippen LogP contribution in [-0.4, -0.2) is 33.8 Å². The van der Waals surface area contributed by atoms with E-state index in [2.05, 4.69) is 52.0 Å². The van der Waals surface area contributed by atoms with Crippen LogP contribution in [0.25, 0.3) is 0 Å². The molecule has 4 aliphatic heterocycles. The normalized spacial score (nSPS) is 36.9. The fourth-order valence-electron chi connectivity index (χ4n) is 7.45. The summed E-state index contributed by atoms with van der Waals surface area (Å²) >= 11 is 0. The summed E-state index contributed by atoms with van der Waals surface area (Å²) in [7, 11) is 2.36. The molecule has 0 radical (unpaired) electrons. The molecule has 5 unspecified atom stereocenters. The van der Waals surface area contributed by atoms with E-state index in [0.717, 1.165) is 52.8 Å². The summed E-state index contributed by atoms with van der Waals surface area (Å²) in [6, 6.07) is 9.38. The third-order valence-corrected chi connectivity index (χ3v) is 23.2. The molecule has 1 aromatic rings. The number of carbonyl (C=O) groups is 1. The van der Waals surface area contributed by atoms with Crippen molar-refractivity contribution in [2.45, 2.75) is 87.8 Å². The Balaban J connectivity index is 1.24. The molecule has 0 spiro atoms. The molecule has 1 nitrogen and oxygen atoms in total. The van der Waals surface area contributed by atoms with Gasteiger partial charge in [0.1, 0.15) is 5.78 Å². The second kappa shape index (κ2) is 9.00. The zero-order valence-corrected chi connectivity index (χ0v) is 23.6. The quantitative estimate of drug-likeness (QED) is 0.366. The Morgan fingerprint density at radius 2 is 1.48 bits per heavy atom. The van der Waals surface area contributed by atoms with E-state index in [9.17, 15) is 4.79 Å². The van der Waals surface area contributed by atoms with Gasteiger partial charge in [-0.05, 0) is 88.5 Å². The molecule has 6 rings (SSSR count). The Labute approximate surface area is 196 Å². The van der Waals surface area contributed by atoms with Crippen molar-refractivity contribution < 1.29 is 4.79 Å². The molecule has 1 aromatic carbocycles. The van der Waals surface area contributed by atoms with Crippen LogP contribution >= 0.6 is 32.4 Å². The van der Waals surface area contributed by atoms with Crippen molar-refractivity contribution in [1.82, 2.24) is 0 Å². The summed E-state index contributed by atoms with van der Waals surface area (Å²) < 4.78 is 0. The molecule has 5 aliphatic rings. The summed E-state index contributed by atoms with van der Waals surface area (Å²) in [6.45, 7) is 9.47. The fourth-order valence-corrected chi connectivity index (χ4v) is 22.0. The van der Waals surface area contributed by atoms with Crippen molar-refractivity contribution >= 4 is 38.2 Å². The van der Waals surface area contributed by atoms with Gasteiger partial charge in [-0.3, -0.25) is 4.79 Å². The highest BCUT2D eigenvalue weighted by molar-refractivity contribution is 8.22. The van der Waals surface area contributed by atoms with Gasteiger partial charge in [0, 0.05) is 12.8 Å². The maximum atomic E-state index is 12.3. The molecule has 0 N–H and O–H groups in total. The number of hydrogen-bond acceptors (Lipinski definition) is 1. The Hall–Kier alpha value is 0.610. The molecular formula is C26H40OP4. The molecule has 0 aromatic heterocycles. The van der Waals surface area contributed by atoms with Crippen LogP contribution < -0.4 is 0 Å². The van der Waals surface area contributed by atoms with Gasteiger partial charge in [0.25, 0.3) is 0 Å². The summed E-state index contributed by atoms with van der Waals surface area (Å²) in [5, 5.41) is 1.50. The van der Waals surface area contributed by atoms with Crippen LogP contribution in [0.3, 0.4) is 0 Å². The van der Waals surface area contributed by atoms with Crippen molar-refractivity contribution in [2.24, 2.45) is 17.8 Å². The smallest absolute Gasteiger partial charge is 0.134 e. The van der Waals surface area contributed by atoms with Gasteiger partial charge in [0.2, 0.25) is 0 Å². The first kappa shape index (κ1) is 23.4. The predicted octanol–water partition coefficient (Wildman–Crippen LogP) is 8.23. The van der Waals surface area contributed by atoms with E-state index in [4.69, 9.17) is 0 Å². The molecule has 5 fully saturated rings. The van der Waals surface area contributed by atoms with Gasteiger partial charge in [-0.2, -0.15) is 0 Å². The SMILES string of the molecule is CC1(C)CC(=O)CC(C)(C)P1PCc1ccccc1CPC1C2CC3CC(C2)CP1C3. The number of ketones is 1. The summed E-state index contributed by atoms with van der Waals surface area (Å²) in [5.74, 6) is 3.82. The molecule has 31 heavy (non-hydrogen) atoms. The minimum atomic E-state index is -0.138. The topological polar surface area (TPSA) is 17.1 Å². The minimum Gasteiger partial charge on any atom is -0.300 e. The molecule has 0 amide bonds. The monoisotopic (exact) mass is 492 g/mol. The van der Waals surface area contributed by atoms with Crippen molar-refractivity contribution in [1.29, 1.82) is 0 Å². The number of benzene rings is 1. The number of carbonyl (C=O) groups excluding carboxylic acids is 1. The molecule has 4 bridgehead atoms. The third kappa shape index (κ3) is 4.89. The van der Waals surface area contributed by atoms with Crippen molar-refractivity contribution in [3.8, 4) is 0 Å². The lowest BCUT2D eigenvalue weighted by Gasteiger charge is -2.54. The van der Waals surface area contributed by atoms with Crippen molar-refractivity contribution in [2.75, 3.05) is 12.3 Å². The van der Waals surface area contributed by atoms with Gasteiger partial charge < -0.3 is 0 Å². The summed E-state index contributed by atoms with van der Waals surface area (Å²) in [5.41, 5.74) is 3.27. The van der Waals surface area contributed by atoms with Crippen LogP contribution in [0.2, 0.25) is 0 Å². The van der Waals surface area contributed by atoms with Gasteiger partial charge in [0.05, 0.1) is 0 Å². The van der Waals surface area contributed by atoms with Crippen LogP contribution in [-0.2, 0) is 17.1 Å². The van der Waals surface area contributed by atoms with Crippen LogP contribution in [0.5, 0.6) is 0 Å². The predicted molar refractivity (Wildman–Crippen MR) is 145 cm³/mol. The van der Waals surface area contributed by atoms with Crippen molar-refractivity contribution in [3.63, 3.8) is 0 Å². The van der Waals surface area contributed by atoms with Crippen LogP contribution in [0.15, 0.2) is 24.3 Å². The molecule has 1 saturated carbocycles. The van der Waals surface area contributed by atoms with E-state index in [1.54, 1.807) is 42.7 Å². The third-order valence-electron chi connectivity index (χ3n) is 8.28. The molecule has 170 valence electrons. The zero-order valence-electron chi connectivity index (χ0n) is 19.8. The van der Waals surface area contributed by atoms with E-state index >= 15 is 0 Å². The van der Waals surface area contributed by atoms with Gasteiger partial charge >= 0.3 is 0 Å². The molecule has 5 atom stereocenters. The molecular weight excluding hydrogens is 452 g/mol. The first-order valence-electron chi connectivity index (χ1n) is 12.3. The van der Waals surface area contributed by atoms with Crippen molar-refractivity contribution in [3.05, 3.63) is 35.4 Å². The van der Waals surface area contributed by atoms with Gasteiger partial charge in [-0.1, -0.05) is 75.8 Å². The lowest BCUT2D eigenvalue weighted by Crippen LogP contribution is -2.42. The highest BCUT2D eigenvalue weighted by Gasteiger charge is 2.48. The van der Waals surface area contributed by atoms with E-state index in [-0.39, 0.29) is 17.9 Å². The highest BCUT2D eigenvalue weighted by Crippen LogP contribution is 2.76. The Bertz CT molecular complexity index is 784. The first-order valence-corrected chi connectivity index (χ1v) is 18.8. The Kier molecular flexibility index (Phi) is 6.78. The lowest BCUT2D eigenvalue weighted by atomic mass is 9.76. The number of rotatable bonds is 6. The van der Waals surface area contributed by atoms with E-state index in [1.807, 2.05) is 0 Å². The van der Waals surface area contributed by atoms with Gasteiger partial charge in [-0.25, -0.2) is 0 Å². The Morgan fingerprint density at radius 1 is 0.903 bits per heavy atom. The standard InChI is InChI=1S/C26H40OP4/c1-25(2)12-23(27)13-26(3,4)31(25)29-15-21-8-6-5-7-20(21)14-28-24-22-10-18-9-19(11-22)17-30(24)16-18/h5-8,18-19,22,24,28-29H,9-17H2,1-4H3. The second-order valence-electron chi connectivity index (χ2n) is 11.9. The van der Waals surface area contributed by atoms with E-state index < -0.39 is 0 Å². The second-order valence-corrected chi connectivity index (χ2v) is 22.3. The van der Waals surface area contributed by atoms with Crippen LogP contribution in [0.1, 0.15) is 70.9 Å². The average molecular weight is 493 g/mol. The summed E-state index contributed by atoms with van der Waals surface area (Å²) in [6.07, 6.45) is 12.1. The molecule has 5 heteroatoms. The Morgan fingerprint density at radius 3 is 2.06 bits per heavy atom. The van der Waals surface area contributed by atoms with E-state index in [1.165, 1.54) is 12.3 Å². The van der Waals surface area contributed by atoms with Gasteiger partial charge in [0.15, 0.2) is 0 Å². The number of Topliss-reactive ketones (excluding diaryl/α,β-unsaturated/α-hetero) is 1. The largest absolute Gasteiger partial charge is 0.300 e. The number of hydrogen-bond donors (Lipinski definition) is 0. The van der Waals surface area contributed by atoms with Crippen LogP contribution in [0, 0.1) is 17.8 Å². The average Bonchev–Trinajstić information content (AvgIpc) is 2.65. The van der Waals surface area contributed by atoms with Crippen LogP contribution in [0.4, 0.5) is 0 Å². The molecule has 4 saturated heterocycles. The maximum Gasteiger partial charge on any atom is 0.134 e.